The predicted molar refractivity (Wildman–Crippen MR) is 97.2 cm³/mol. The molecule has 1 aliphatic rings. The van der Waals surface area contributed by atoms with Gasteiger partial charge in [-0.1, -0.05) is 18.2 Å². The Labute approximate surface area is 154 Å². The Morgan fingerprint density at radius 1 is 1.19 bits per heavy atom. The molecule has 144 valence electrons. The monoisotopic (exact) mass is 365 g/mol. The van der Waals surface area contributed by atoms with E-state index >= 15 is 0 Å². The Hall–Kier alpha value is -1.99. The van der Waals surface area contributed by atoms with Crippen LogP contribution in [0.15, 0.2) is 24.3 Å². The number of aryl methyl sites for hydroxylation is 1. The molecule has 0 unspecified atom stereocenters. The maximum atomic E-state index is 13.6. The van der Waals surface area contributed by atoms with Gasteiger partial charge in [0.05, 0.1) is 6.54 Å². The third-order valence-electron chi connectivity index (χ3n) is 4.51. The first-order chi connectivity index (χ1) is 12.6. The summed E-state index contributed by atoms with van der Waals surface area (Å²) >= 11 is 0. The number of methoxy groups -OCH3 is 1. The summed E-state index contributed by atoms with van der Waals surface area (Å²) in [4.78, 5) is 28.0. The number of benzene rings is 1. The van der Waals surface area contributed by atoms with E-state index in [4.69, 9.17) is 4.74 Å². The Balaban J connectivity index is 1.65. The molecule has 1 heterocycles. The van der Waals surface area contributed by atoms with Gasteiger partial charge in [0.15, 0.2) is 0 Å². The van der Waals surface area contributed by atoms with E-state index in [0.717, 1.165) is 6.42 Å². The molecule has 0 atom stereocenters. The summed E-state index contributed by atoms with van der Waals surface area (Å²) in [5.74, 6) is -0.223. The van der Waals surface area contributed by atoms with Crippen LogP contribution in [0, 0.1) is 5.82 Å². The van der Waals surface area contributed by atoms with E-state index in [2.05, 4.69) is 5.32 Å². The van der Waals surface area contributed by atoms with Crippen molar-refractivity contribution < 1.29 is 18.7 Å². The van der Waals surface area contributed by atoms with E-state index in [0.29, 0.717) is 64.3 Å². The summed E-state index contributed by atoms with van der Waals surface area (Å²) in [5, 5.41) is 2.87. The van der Waals surface area contributed by atoms with E-state index in [1.807, 2.05) is 4.90 Å². The van der Waals surface area contributed by atoms with E-state index in [1.165, 1.54) is 6.07 Å². The Bertz CT molecular complexity index is 589. The van der Waals surface area contributed by atoms with Crippen LogP contribution in [0.4, 0.5) is 4.39 Å². The van der Waals surface area contributed by atoms with Crippen LogP contribution in [0.3, 0.4) is 0 Å². The van der Waals surface area contributed by atoms with Gasteiger partial charge >= 0.3 is 0 Å². The predicted octanol–water partition coefficient (Wildman–Crippen LogP) is 1.06. The van der Waals surface area contributed by atoms with Crippen LogP contribution in [-0.4, -0.2) is 74.6 Å². The van der Waals surface area contributed by atoms with Crippen molar-refractivity contribution in [3.8, 4) is 0 Å². The summed E-state index contributed by atoms with van der Waals surface area (Å²) in [6.45, 7) is 4.16. The fourth-order valence-electron chi connectivity index (χ4n) is 2.96. The molecule has 1 saturated heterocycles. The van der Waals surface area contributed by atoms with Crippen molar-refractivity contribution in [1.82, 2.24) is 15.1 Å². The smallest absolute Gasteiger partial charge is 0.234 e. The zero-order valence-corrected chi connectivity index (χ0v) is 15.4. The molecule has 0 aliphatic carbocycles. The molecule has 26 heavy (non-hydrogen) atoms. The van der Waals surface area contributed by atoms with Crippen LogP contribution in [0.5, 0.6) is 0 Å². The number of nitrogens with one attached hydrogen (secondary N) is 1. The Morgan fingerprint density at radius 2 is 1.92 bits per heavy atom. The van der Waals surface area contributed by atoms with E-state index in [1.54, 1.807) is 30.2 Å². The standard InChI is InChI=1S/C19H28FN3O3/c1-26-14-4-9-21-18(24)15-22-10-12-23(13-11-22)19(25)8-7-16-5-2-3-6-17(16)20/h2-3,5-6H,4,7-15H2,1H3,(H,21,24). The Kier molecular flexibility index (Phi) is 8.50. The van der Waals surface area contributed by atoms with Gasteiger partial charge in [0.1, 0.15) is 5.82 Å². The molecule has 1 N–H and O–H groups in total. The summed E-state index contributed by atoms with van der Waals surface area (Å²) in [6.07, 6.45) is 1.52. The van der Waals surface area contributed by atoms with Crippen molar-refractivity contribution in [3.05, 3.63) is 35.6 Å². The summed E-state index contributed by atoms with van der Waals surface area (Å²) in [5.41, 5.74) is 0.574. The van der Waals surface area contributed by atoms with Crippen LogP contribution in [0.25, 0.3) is 0 Å². The van der Waals surface area contributed by atoms with Gasteiger partial charge in [-0.25, -0.2) is 4.39 Å². The van der Waals surface area contributed by atoms with Crippen molar-refractivity contribution >= 4 is 11.8 Å². The zero-order valence-electron chi connectivity index (χ0n) is 15.4. The maximum Gasteiger partial charge on any atom is 0.234 e. The lowest BCUT2D eigenvalue weighted by Gasteiger charge is -2.34. The first-order valence-electron chi connectivity index (χ1n) is 9.09. The first kappa shape index (κ1) is 20.3. The molecule has 0 aromatic heterocycles. The second-order valence-corrected chi connectivity index (χ2v) is 6.44. The molecule has 2 amide bonds. The molecular weight excluding hydrogens is 337 g/mol. The molecule has 1 aromatic rings. The van der Waals surface area contributed by atoms with Crippen molar-refractivity contribution in [1.29, 1.82) is 0 Å². The molecule has 6 nitrogen and oxygen atoms in total. The number of piperazine rings is 1. The van der Waals surface area contributed by atoms with Crippen molar-refractivity contribution in [2.45, 2.75) is 19.3 Å². The van der Waals surface area contributed by atoms with Gasteiger partial charge in [0.25, 0.3) is 0 Å². The lowest BCUT2D eigenvalue weighted by atomic mass is 10.1. The minimum atomic E-state index is -0.262. The zero-order chi connectivity index (χ0) is 18.8. The molecule has 0 saturated carbocycles. The third kappa shape index (κ3) is 6.72. The van der Waals surface area contributed by atoms with Gasteiger partial charge in [0.2, 0.25) is 11.8 Å². The largest absolute Gasteiger partial charge is 0.385 e. The van der Waals surface area contributed by atoms with Gasteiger partial charge in [-0.05, 0) is 24.5 Å². The lowest BCUT2D eigenvalue weighted by molar-refractivity contribution is -0.133. The SMILES string of the molecule is COCCCNC(=O)CN1CCN(C(=O)CCc2ccccc2F)CC1. The number of nitrogens with zero attached hydrogens (tertiary/aromatic N) is 2. The molecule has 0 spiro atoms. The molecule has 0 bridgehead atoms. The van der Waals surface area contributed by atoms with Crippen LogP contribution in [0.2, 0.25) is 0 Å². The Morgan fingerprint density at radius 3 is 2.62 bits per heavy atom. The number of carbonyl (C=O) groups excluding carboxylic acids is 2. The minimum absolute atomic E-state index is 0.000400. The van der Waals surface area contributed by atoms with Gasteiger partial charge in [0, 0.05) is 52.9 Å². The van der Waals surface area contributed by atoms with Crippen molar-refractivity contribution in [2.75, 3.05) is 53.0 Å². The average Bonchev–Trinajstić information content (AvgIpc) is 2.65. The molecule has 2 rings (SSSR count). The van der Waals surface area contributed by atoms with E-state index in [-0.39, 0.29) is 17.6 Å². The fourth-order valence-corrected chi connectivity index (χ4v) is 2.96. The number of hydrogen-bond acceptors (Lipinski definition) is 4. The normalized spacial score (nSPS) is 15.1. The highest BCUT2D eigenvalue weighted by molar-refractivity contribution is 5.78. The maximum absolute atomic E-state index is 13.6. The second kappa shape index (κ2) is 10.9. The van der Waals surface area contributed by atoms with Gasteiger partial charge in [-0.3, -0.25) is 14.5 Å². The average molecular weight is 365 g/mol. The van der Waals surface area contributed by atoms with Crippen LogP contribution in [0.1, 0.15) is 18.4 Å². The molecule has 1 aromatic carbocycles. The number of ether oxygens (including phenoxy) is 1. The van der Waals surface area contributed by atoms with Crippen LogP contribution < -0.4 is 5.32 Å². The number of hydrogen-bond donors (Lipinski definition) is 1. The highest BCUT2D eigenvalue weighted by atomic mass is 19.1. The molecule has 0 radical (unpaired) electrons. The van der Waals surface area contributed by atoms with Crippen molar-refractivity contribution in [3.63, 3.8) is 0 Å². The highest BCUT2D eigenvalue weighted by Gasteiger charge is 2.22. The lowest BCUT2D eigenvalue weighted by Crippen LogP contribution is -2.51. The fraction of sp³-hybridized carbons (Fsp3) is 0.579. The van der Waals surface area contributed by atoms with Gasteiger partial charge in [-0.15, -0.1) is 0 Å². The number of amides is 2. The first-order valence-corrected chi connectivity index (χ1v) is 9.09. The van der Waals surface area contributed by atoms with Crippen molar-refractivity contribution in [2.24, 2.45) is 0 Å². The molecular formula is C19H28FN3O3. The van der Waals surface area contributed by atoms with E-state index in [9.17, 15) is 14.0 Å². The summed E-state index contributed by atoms with van der Waals surface area (Å²) in [7, 11) is 1.64. The third-order valence-corrected chi connectivity index (χ3v) is 4.51. The topological polar surface area (TPSA) is 61.9 Å². The number of rotatable bonds is 9. The quantitative estimate of drug-likeness (QED) is 0.665. The van der Waals surface area contributed by atoms with Crippen LogP contribution >= 0.6 is 0 Å². The molecule has 7 heteroatoms. The summed E-state index contributed by atoms with van der Waals surface area (Å²) in [6, 6.07) is 6.56. The van der Waals surface area contributed by atoms with Crippen LogP contribution in [-0.2, 0) is 20.7 Å². The van der Waals surface area contributed by atoms with E-state index < -0.39 is 0 Å². The van der Waals surface area contributed by atoms with Gasteiger partial charge in [-0.2, -0.15) is 0 Å². The minimum Gasteiger partial charge on any atom is -0.385 e. The number of carbonyl (C=O) groups is 2. The molecule has 1 aliphatic heterocycles. The molecule has 1 fully saturated rings. The van der Waals surface area contributed by atoms with Gasteiger partial charge < -0.3 is 15.0 Å². The highest BCUT2D eigenvalue weighted by Crippen LogP contribution is 2.11. The summed E-state index contributed by atoms with van der Waals surface area (Å²) < 4.78 is 18.6. The number of halogens is 1. The second-order valence-electron chi connectivity index (χ2n) is 6.44.